The molecule has 1 N–H and O–H groups in total. The molecule has 1 aliphatic heterocycles. The van der Waals surface area contributed by atoms with Crippen molar-refractivity contribution < 1.29 is 9.90 Å². The second-order valence-electron chi connectivity index (χ2n) is 4.75. The molecule has 4 heteroatoms. The minimum atomic E-state index is -0.349. The van der Waals surface area contributed by atoms with Gasteiger partial charge < -0.3 is 14.9 Å². The number of likely N-dealkylation sites (tertiary alicyclic amines) is 1. The van der Waals surface area contributed by atoms with Crippen molar-refractivity contribution in [3.05, 3.63) is 0 Å². The maximum Gasteiger partial charge on any atom is 0.248 e. The summed E-state index contributed by atoms with van der Waals surface area (Å²) in [6.45, 7) is 7.94. The molecular formula is C13H26N2O2. The molecule has 0 aromatic heterocycles. The molecule has 4 nitrogen and oxygen atoms in total. The van der Waals surface area contributed by atoms with Crippen molar-refractivity contribution in [1.29, 1.82) is 0 Å². The third-order valence-corrected chi connectivity index (χ3v) is 3.67. The van der Waals surface area contributed by atoms with Crippen molar-refractivity contribution in [3.63, 3.8) is 0 Å². The van der Waals surface area contributed by atoms with E-state index >= 15 is 0 Å². The van der Waals surface area contributed by atoms with Crippen LogP contribution in [0.15, 0.2) is 0 Å². The number of aliphatic hydroxyl groups is 1. The van der Waals surface area contributed by atoms with Crippen molar-refractivity contribution >= 4 is 5.91 Å². The van der Waals surface area contributed by atoms with Gasteiger partial charge in [0.25, 0.3) is 0 Å². The summed E-state index contributed by atoms with van der Waals surface area (Å²) in [5.74, 6) is -0.125. The van der Waals surface area contributed by atoms with E-state index in [9.17, 15) is 4.79 Å². The molecule has 1 rings (SSSR count). The van der Waals surface area contributed by atoms with Crippen molar-refractivity contribution in [2.45, 2.75) is 45.6 Å². The Kier molecular flexibility index (Phi) is 6.52. The maximum atomic E-state index is 11.3. The van der Waals surface area contributed by atoms with Gasteiger partial charge in [0, 0.05) is 19.1 Å². The summed E-state index contributed by atoms with van der Waals surface area (Å²) in [6, 6.07) is 0.620. The fourth-order valence-electron chi connectivity index (χ4n) is 2.54. The highest BCUT2D eigenvalue weighted by Gasteiger charge is 2.25. The predicted octanol–water partition coefficient (Wildman–Crippen LogP) is 1.09. The molecule has 0 atom stereocenters. The fraction of sp³-hybridized carbons (Fsp3) is 0.923. The van der Waals surface area contributed by atoms with E-state index in [2.05, 4.69) is 18.7 Å². The summed E-state index contributed by atoms with van der Waals surface area (Å²) in [4.78, 5) is 15.7. The molecule has 0 saturated carbocycles. The normalized spacial score (nSPS) is 17.8. The SMILES string of the molecule is CCCCN(CC)C1CCN(C(=O)CO)CC1. The van der Waals surface area contributed by atoms with Crippen molar-refractivity contribution in [1.82, 2.24) is 9.80 Å². The molecule has 0 unspecified atom stereocenters. The fourth-order valence-corrected chi connectivity index (χ4v) is 2.54. The van der Waals surface area contributed by atoms with Gasteiger partial charge in [-0.15, -0.1) is 0 Å². The highest BCUT2D eigenvalue weighted by Crippen LogP contribution is 2.17. The first kappa shape index (κ1) is 14.5. The maximum absolute atomic E-state index is 11.3. The molecule has 1 saturated heterocycles. The molecule has 0 radical (unpaired) electrons. The van der Waals surface area contributed by atoms with E-state index < -0.39 is 0 Å². The lowest BCUT2D eigenvalue weighted by molar-refractivity contribution is -0.135. The zero-order chi connectivity index (χ0) is 12.7. The topological polar surface area (TPSA) is 43.8 Å². The smallest absolute Gasteiger partial charge is 0.248 e. The molecule has 0 spiro atoms. The Bertz CT molecular complexity index is 225. The Morgan fingerprint density at radius 3 is 2.47 bits per heavy atom. The average molecular weight is 242 g/mol. The Morgan fingerprint density at radius 2 is 2.00 bits per heavy atom. The largest absolute Gasteiger partial charge is 0.387 e. The van der Waals surface area contributed by atoms with E-state index in [1.54, 1.807) is 4.90 Å². The van der Waals surface area contributed by atoms with Gasteiger partial charge in [-0.05, 0) is 32.4 Å². The highest BCUT2D eigenvalue weighted by atomic mass is 16.3. The van der Waals surface area contributed by atoms with E-state index in [1.807, 2.05) is 0 Å². The standard InChI is InChI=1S/C13H26N2O2/c1-3-5-8-14(4-2)12-6-9-15(10-7-12)13(17)11-16/h12,16H,3-11H2,1-2H3. The molecule has 1 heterocycles. The zero-order valence-electron chi connectivity index (χ0n) is 11.2. The van der Waals surface area contributed by atoms with Crippen molar-refractivity contribution in [2.24, 2.45) is 0 Å². The lowest BCUT2D eigenvalue weighted by atomic mass is 10.0. The monoisotopic (exact) mass is 242 g/mol. The third kappa shape index (κ3) is 4.28. The molecule has 0 aliphatic carbocycles. The van der Waals surface area contributed by atoms with Crippen LogP contribution in [0.5, 0.6) is 0 Å². The number of piperidine rings is 1. The number of aliphatic hydroxyl groups excluding tert-OH is 1. The van der Waals surface area contributed by atoms with Crippen LogP contribution in [0.1, 0.15) is 39.5 Å². The van der Waals surface area contributed by atoms with Gasteiger partial charge in [0.2, 0.25) is 5.91 Å². The summed E-state index contributed by atoms with van der Waals surface area (Å²) in [7, 11) is 0. The Hall–Kier alpha value is -0.610. The minimum absolute atomic E-state index is 0.125. The summed E-state index contributed by atoms with van der Waals surface area (Å²) in [6.07, 6.45) is 4.58. The van der Waals surface area contributed by atoms with Gasteiger partial charge in [-0.1, -0.05) is 20.3 Å². The van der Waals surface area contributed by atoms with Crippen LogP contribution in [-0.4, -0.2) is 59.6 Å². The van der Waals surface area contributed by atoms with Crippen LogP contribution < -0.4 is 0 Å². The summed E-state index contributed by atoms with van der Waals surface area (Å²) in [5, 5.41) is 8.82. The van der Waals surface area contributed by atoms with Crippen LogP contribution in [0, 0.1) is 0 Å². The quantitative estimate of drug-likeness (QED) is 0.758. The zero-order valence-corrected chi connectivity index (χ0v) is 11.2. The first-order valence-corrected chi connectivity index (χ1v) is 6.85. The first-order chi connectivity index (χ1) is 8.22. The summed E-state index contributed by atoms with van der Waals surface area (Å²) in [5.41, 5.74) is 0. The lowest BCUT2D eigenvalue weighted by Crippen LogP contribution is -2.47. The van der Waals surface area contributed by atoms with E-state index in [0.29, 0.717) is 6.04 Å². The summed E-state index contributed by atoms with van der Waals surface area (Å²) >= 11 is 0. The van der Waals surface area contributed by atoms with E-state index in [-0.39, 0.29) is 12.5 Å². The van der Waals surface area contributed by atoms with Gasteiger partial charge in [0.1, 0.15) is 6.61 Å². The molecule has 1 fully saturated rings. The van der Waals surface area contributed by atoms with E-state index in [1.165, 1.54) is 19.4 Å². The number of carbonyl (C=O) groups is 1. The number of amides is 1. The number of rotatable bonds is 6. The molecule has 1 aliphatic rings. The van der Waals surface area contributed by atoms with Crippen molar-refractivity contribution in [3.8, 4) is 0 Å². The second kappa shape index (κ2) is 7.67. The van der Waals surface area contributed by atoms with E-state index in [4.69, 9.17) is 5.11 Å². The number of nitrogens with zero attached hydrogens (tertiary/aromatic N) is 2. The Labute approximate surface area is 105 Å². The van der Waals surface area contributed by atoms with Gasteiger partial charge in [0.05, 0.1) is 0 Å². The highest BCUT2D eigenvalue weighted by molar-refractivity contribution is 5.77. The van der Waals surface area contributed by atoms with Gasteiger partial charge >= 0.3 is 0 Å². The summed E-state index contributed by atoms with van der Waals surface area (Å²) < 4.78 is 0. The molecule has 0 aromatic carbocycles. The van der Waals surface area contributed by atoms with Gasteiger partial charge in [-0.3, -0.25) is 4.79 Å². The van der Waals surface area contributed by atoms with Crippen LogP contribution in [0.3, 0.4) is 0 Å². The van der Waals surface area contributed by atoms with Gasteiger partial charge in [-0.2, -0.15) is 0 Å². The molecule has 1 amide bonds. The van der Waals surface area contributed by atoms with Crippen LogP contribution >= 0.6 is 0 Å². The van der Waals surface area contributed by atoms with Crippen LogP contribution in [0.4, 0.5) is 0 Å². The van der Waals surface area contributed by atoms with E-state index in [0.717, 1.165) is 32.5 Å². The number of carbonyl (C=O) groups excluding carboxylic acids is 1. The predicted molar refractivity (Wildman–Crippen MR) is 68.8 cm³/mol. The molecule has 0 aromatic rings. The second-order valence-corrected chi connectivity index (χ2v) is 4.75. The minimum Gasteiger partial charge on any atom is -0.387 e. The Morgan fingerprint density at radius 1 is 1.35 bits per heavy atom. The van der Waals surface area contributed by atoms with Gasteiger partial charge in [0.15, 0.2) is 0 Å². The Balaban J connectivity index is 2.36. The van der Waals surface area contributed by atoms with Crippen LogP contribution in [0.2, 0.25) is 0 Å². The number of hydrogen-bond acceptors (Lipinski definition) is 3. The number of hydrogen-bond donors (Lipinski definition) is 1. The van der Waals surface area contributed by atoms with Crippen LogP contribution in [-0.2, 0) is 4.79 Å². The average Bonchev–Trinajstić information content (AvgIpc) is 2.39. The van der Waals surface area contributed by atoms with Crippen LogP contribution in [0.25, 0.3) is 0 Å². The molecular weight excluding hydrogens is 216 g/mol. The van der Waals surface area contributed by atoms with Crippen molar-refractivity contribution in [2.75, 3.05) is 32.8 Å². The first-order valence-electron chi connectivity index (χ1n) is 6.85. The molecule has 17 heavy (non-hydrogen) atoms. The molecule has 100 valence electrons. The number of unbranched alkanes of at least 4 members (excludes halogenated alkanes) is 1. The van der Waals surface area contributed by atoms with Gasteiger partial charge in [-0.25, -0.2) is 0 Å². The third-order valence-electron chi connectivity index (χ3n) is 3.67. The lowest BCUT2D eigenvalue weighted by Gasteiger charge is -2.38. The molecule has 0 bridgehead atoms.